The summed E-state index contributed by atoms with van der Waals surface area (Å²) in [5, 5.41) is 14.0. The second-order valence-electron chi connectivity index (χ2n) is 25.2. The summed E-state index contributed by atoms with van der Waals surface area (Å²) >= 11 is 0. The van der Waals surface area contributed by atoms with Gasteiger partial charge in [0.15, 0.2) is 0 Å². The van der Waals surface area contributed by atoms with Crippen LogP contribution in [0.15, 0.2) is 97.2 Å². The quantitative estimate of drug-likeness (QED) is 0.0243. The first kappa shape index (κ1) is 81.4. The van der Waals surface area contributed by atoms with Crippen LogP contribution in [-0.2, 0) is 18.4 Å². The summed E-state index contributed by atoms with van der Waals surface area (Å²) in [7, 11) is 1.57. The van der Waals surface area contributed by atoms with Crippen LogP contribution in [0.1, 0.15) is 322 Å². The number of phosphoric acid groups is 1. The second-order valence-corrected chi connectivity index (χ2v) is 26.7. The summed E-state index contributed by atoms with van der Waals surface area (Å²) in [6.07, 6.45) is 94.1. The molecule has 9 heteroatoms. The number of quaternary nitrogens is 1. The third kappa shape index (κ3) is 66.9. The SMILES string of the molecule is CC/C=C\C/C=C\C/C=C\C/C=C\C/C=C\C/C=C\C/C=C\CCCCCCCCCCCCCC(=O)NC(COP(=O)(O)OCC[N+](C)(C)C)C(O)/C=C/CCCCCCCCCCCCCCCCCCCCCCCCCCCCC. The number of aliphatic hydroxyl groups is 1. The van der Waals surface area contributed by atoms with Crippen molar-refractivity contribution in [1.82, 2.24) is 5.32 Å². The number of hydrogen-bond donors (Lipinski definition) is 3. The van der Waals surface area contributed by atoms with Crippen LogP contribution >= 0.6 is 7.82 Å². The van der Waals surface area contributed by atoms with E-state index in [-0.39, 0.29) is 19.1 Å². The van der Waals surface area contributed by atoms with Gasteiger partial charge in [-0.05, 0) is 77.0 Å². The maximum atomic E-state index is 13.1. The number of carbonyl (C=O) groups excluding carboxylic acids is 1. The molecule has 1 amide bonds. The number of nitrogens with one attached hydrogen (secondary N) is 1. The monoisotopic (exact) mass is 1190 g/mol. The Bertz CT molecular complexity index is 1690. The van der Waals surface area contributed by atoms with E-state index < -0.39 is 20.0 Å². The van der Waals surface area contributed by atoms with Crippen LogP contribution in [0.4, 0.5) is 0 Å². The number of aliphatic hydroxyl groups excluding tert-OH is 1. The van der Waals surface area contributed by atoms with Crippen LogP contribution in [0.5, 0.6) is 0 Å². The summed E-state index contributed by atoms with van der Waals surface area (Å²) in [5.74, 6) is -0.180. The number of hydrogen-bond acceptors (Lipinski definition) is 5. The standard InChI is InChI=1S/C75H137N2O6P/c1-6-8-10-12-14-16-18-20-22-24-26-28-30-32-34-36-37-38-39-41-43-45-47-49-51-53-55-57-59-61-63-65-67-69-75(79)76-73(72-83-84(80,81)82-71-70-77(3,4)5)74(78)68-66-64-62-60-58-56-54-52-50-48-46-44-42-40-35-33-31-29-27-25-23-21-19-17-15-13-11-9-7-2/h8,10,14,16,20,22,26,28,32,34,37-38,41,43,66,68,73-74,78H,6-7,9,11-13,15,17-19,21,23-25,27,29-31,33,35-36,39-40,42,44-65,67,69-72H2,1-5H3,(H-,76,79,80,81)/p+1/b10-8-,16-14-,22-20-,28-26-,34-32-,38-37-,43-41-,68-66+. The van der Waals surface area contributed by atoms with Crippen LogP contribution in [-0.4, -0.2) is 73.4 Å². The van der Waals surface area contributed by atoms with Crippen molar-refractivity contribution in [3.63, 3.8) is 0 Å². The fraction of sp³-hybridized carbons (Fsp3) is 0.773. The van der Waals surface area contributed by atoms with Gasteiger partial charge >= 0.3 is 7.82 Å². The summed E-state index contributed by atoms with van der Waals surface area (Å²) in [5.41, 5.74) is 0. The molecule has 0 aliphatic carbocycles. The Morgan fingerprint density at radius 3 is 1.05 bits per heavy atom. The van der Waals surface area contributed by atoms with E-state index in [1.807, 2.05) is 27.2 Å². The molecule has 3 atom stereocenters. The average molecular weight is 1190 g/mol. The molecule has 0 rings (SSSR count). The van der Waals surface area contributed by atoms with Gasteiger partial charge in [-0.2, -0.15) is 0 Å². The molecule has 0 aromatic carbocycles. The fourth-order valence-corrected chi connectivity index (χ4v) is 11.1. The molecular weight excluding hydrogens is 1060 g/mol. The number of allylic oxidation sites excluding steroid dienone is 15. The van der Waals surface area contributed by atoms with Crippen molar-refractivity contribution in [1.29, 1.82) is 0 Å². The maximum absolute atomic E-state index is 13.1. The zero-order valence-electron chi connectivity index (χ0n) is 55.9. The van der Waals surface area contributed by atoms with Gasteiger partial charge in [-0.3, -0.25) is 13.8 Å². The van der Waals surface area contributed by atoms with Gasteiger partial charge in [-0.25, -0.2) is 4.57 Å². The van der Waals surface area contributed by atoms with E-state index in [0.717, 1.165) is 83.5 Å². The van der Waals surface area contributed by atoms with Crippen LogP contribution in [0.3, 0.4) is 0 Å². The lowest BCUT2D eigenvalue weighted by Gasteiger charge is -2.25. The molecule has 8 nitrogen and oxygen atoms in total. The van der Waals surface area contributed by atoms with E-state index in [2.05, 4.69) is 104 Å². The third-order valence-electron chi connectivity index (χ3n) is 15.8. The molecule has 0 spiro atoms. The van der Waals surface area contributed by atoms with Crippen molar-refractivity contribution in [3.8, 4) is 0 Å². The highest BCUT2D eigenvalue weighted by Gasteiger charge is 2.28. The lowest BCUT2D eigenvalue weighted by molar-refractivity contribution is -0.870. The smallest absolute Gasteiger partial charge is 0.387 e. The van der Waals surface area contributed by atoms with Crippen LogP contribution in [0.25, 0.3) is 0 Å². The molecule has 488 valence electrons. The fourth-order valence-electron chi connectivity index (χ4n) is 10.3. The van der Waals surface area contributed by atoms with Gasteiger partial charge in [0.25, 0.3) is 0 Å². The predicted molar refractivity (Wildman–Crippen MR) is 369 cm³/mol. The van der Waals surface area contributed by atoms with Gasteiger partial charge in [0, 0.05) is 6.42 Å². The number of likely N-dealkylation sites (N-methyl/N-ethyl adjacent to an activating group) is 1. The van der Waals surface area contributed by atoms with Gasteiger partial charge in [0.05, 0.1) is 39.9 Å². The molecule has 0 aliphatic heterocycles. The molecule has 0 bridgehead atoms. The van der Waals surface area contributed by atoms with Crippen LogP contribution < -0.4 is 5.32 Å². The van der Waals surface area contributed by atoms with Crippen LogP contribution in [0, 0.1) is 0 Å². The van der Waals surface area contributed by atoms with E-state index in [0.29, 0.717) is 17.4 Å². The van der Waals surface area contributed by atoms with Gasteiger partial charge in [0.2, 0.25) is 5.91 Å². The van der Waals surface area contributed by atoms with Crippen molar-refractivity contribution in [2.45, 2.75) is 334 Å². The normalized spacial score (nSPS) is 14.2. The molecule has 84 heavy (non-hydrogen) atoms. The molecular formula is C75H138N2O6P+. The van der Waals surface area contributed by atoms with E-state index in [1.54, 1.807) is 6.08 Å². The second kappa shape index (κ2) is 64.9. The molecule has 0 aromatic rings. The number of carbonyl (C=O) groups is 1. The largest absolute Gasteiger partial charge is 0.472 e. The van der Waals surface area contributed by atoms with Crippen LogP contribution in [0.2, 0.25) is 0 Å². The van der Waals surface area contributed by atoms with Crippen molar-refractivity contribution in [2.75, 3.05) is 40.9 Å². The molecule has 0 aliphatic rings. The molecule has 3 N–H and O–H groups in total. The Kier molecular flexibility index (Phi) is 62.9. The van der Waals surface area contributed by atoms with Crippen molar-refractivity contribution in [2.24, 2.45) is 0 Å². The number of amides is 1. The first-order valence-corrected chi connectivity index (χ1v) is 37.1. The summed E-state index contributed by atoms with van der Waals surface area (Å²) in [4.78, 5) is 23.4. The van der Waals surface area contributed by atoms with E-state index in [1.165, 1.54) is 218 Å². The van der Waals surface area contributed by atoms with Gasteiger partial charge < -0.3 is 19.8 Å². The third-order valence-corrected chi connectivity index (χ3v) is 16.8. The topological polar surface area (TPSA) is 105 Å². The molecule has 0 heterocycles. The summed E-state index contributed by atoms with van der Waals surface area (Å²) in [6.45, 7) is 4.73. The number of unbranched alkanes of at least 4 members (excludes halogenated alkanes) is 38. The lowest BCUT2D eigenvalue weighted by atomic mass is 10.0. The Morgan fingerprint density at radius 1 is 0.417 bits per heavy atom. The minimum Gasteiger partial charge on any atom is -0.387 e. The molecule has 0 saturated carbocycles. The highest BCUT2D eigenvalue weighted by Crippen LogP contribution is 2.43. The molecule has 0 saturated heterocycles. The Labute approximate surface area is 521 Å². The molecule has 3 unspecified atom stereocenters. The molecule has 0 radical (unpaired) electrons. The number of rotatable bonds is 65. The number of nitrogens with zero attached hydrogens (tertiary/aromatic N) is 1. The first-order chi connectivity index (χ1) is 41.0. The Morgan fingerprint density at radius 2 is 0.714 bits per heavy atom. The van der Waals surface area contributed by atoms with E-state index in [4.69, 9.17) is 9.05 Å². The summed E-state index contributed by atoms with van der Waals surface area (Å²) < 4.78 is 23.8. The molecule has 0 aromatic heterocycles. The molecule has 0 fully saturated rings. The minimum atomic E-state index is -4.36. The number of phosphoric ester groups is 1. The Balaban J connectivity index is 4.10. The van der Waals surface area contributed by atoms with Gasteiger partial charge in [0.1, 0.15) is 13.2 Å². The maximum Gasteiger partial charge on any atom is 0.472 e. The summed E-state index contributed by atoms with van der Waals surface area (Å²) in [6, 6.07) is -0.856. The zero-order chi connectivity index (χ0) is 61.2. The van der Waals surface area contributed by atoms with E-state index >= 15 is 0 Å². The minimum absolute atomic E-state index is 0.0577. The predicted octanol–water partition coefficient (Wildman–Crippen LogP) is 22.9. The zero-order valence-corrected chi connectivity index (χ0v) is 56.8. The van der Waals surface area contributed by atoms with Gasteiger partial charge in [-0.15, -0.1) is 0 Å². The Hall–Kier alpha value is -2.58. The lowest BCUT2D eigenvalue weighted by Crippen LogP contribution is -2.45. The van der Waals surface area contributed by atoms with Gasteiger partial charge in [-0.1, -0.05) is 336 Å². The van der Waals surface area contributed by atoms with E-state index in [9.17, 15) is 19.4 Å². The first-order valence-electron chi connectivity index (χ1n) is 35.6. The van der Waals surface area contributed by atoms with Crippen molar-refractivity contribution in [3.05, 3.63) is 97.2 Å². The highest BCUT2D eigenvalue weighted by molar-refractivity contribution is 7.47. The van der Waals surface area contributed by atoms with Crippen molar-refractivity contribution < 1.29 is 32.9 Å². The average Bonchev–Trinajstić information content (AvgIpc) is 3.56. The van der Waals surface area contributed by atoms with Crippen molar-refractivity contribution >= 4 is 13.7 Å². The highest BCUT2D eigenvalue weighted by atomic mass is 31.2.